The van der Waals surface area contributed by atoms with Gasteiger partial charge in [0.15, 0.2) is 0 Å². The zero-order valence-corrected chi connectivity index (χ0v) is 20.4. The molecule has 0 aliphatic carbocycles. The topological polar surface area (TPSA) is 54.4 Å². The van der Waals surface area contributed by atoms with Gasteiger partial charge in [0.25, 0.3) is 5.91 Å². The van der Waals surface area contributed by atoms with Gasteiger partial charge in [0.05, 0.1) is 21.7 Å². The average Bonchev–Trinajstić information content (AvgIpc) is 3.43. The third kappa shape index (κ3) is 4.91. The second kappa shape index (κ2) is 10.0. The van der Waals surface area contributed by atoms with Gasteiger partial charge in [0.1, 0.15) is 5.71 Å². The number of fused-ring (bicyclic) bond motifs is 1. The van der Waals surface area contributed by atoms with E-state index in [1.165, 1.54) is 5.56 Å². The minimum atomic E-state index is -0.270. The second-order valence-corrected chi connectivity index (χ2v) is 9.54. The molecule has 0 unspecified atom stereocenters. The van der Waals surface area contributed by atoms with Crippen molar-refractivity contribution in [3.8, 4) is 11.3 Å². The molecule has 2 heterocycles. The molecular weight excluding hydrogens is 450 g/mol. The highest BCUT2D eigenvalue weighted by atomic mass is 32.1. The lowest BCUT2D eigenvalue weighted by atomic mass is 9.99. The minimum Gasteiger partial charge on any atom is -0.267 e. The van der Waals surface area contributed by atoms with Gasteiger partial charge in [-0.2, -0.15) is 5.10 Å². The van der Waals surface area contributed by atoms with Crippen LogP contribution in [0.3, 0.4) is 0 Å². The number of hydrazone groups is 1. The smallest absolute Gasteiger partial charge is 0.267 e. The molecule has 35 heavy (non-hydrogen) atoms. The van der Waals surface area contributed by atoms with Crippen LogP contribution in [0.25, 0.3) is 22.2 Å². The van der Waals surface area contributed by atoms with Gasteiger partial charge in [-0.25, -0.2) is 10.4 Å². The van der Waals surface area contributed by atoms with E-state index in [1.807, 2.05) is 78.2 Å². The van der Waals surface area contributed by atoms with Crippen LogP contribution in [-0.2, 0) is 0 Å². The fraction of sp³-hybridized carbons (Fsp3) is 0.100. The van der Waals surface area contributed by atoms with Gasteiger partial charge in [-0.1, -0.05) is 92.7 Å². The monoisotopic (exact) mass is 475 g/mol. The highest BCUT2D eigenvalue weighted by Crippen LogP contribution is 2.26. The Morgan fingerprint density at radius 3 is 2.34 bits per heavy atom. The molecule has 0 aliphatic rings. The molecule has 1 amide bonds. The third-order valence-corrected chi connectivity index (χ3v) is 6.78. The number of hydrogen-bond acceptors (Lipinski definition) is 4. The van der Waals surface area contributed by atoms with Crippen LogP contribution in [-0.4, -0.2) is 16.6 Å². The van der Waals surface area contributed by atoms with Crippen LogP contribution >= 0.6 is 11.3 Å². The van der Waals surface area contributed by atoms with Gasteiger partial charge in [0, 0.05) is 16.5 Å². The van der Waals surface area contributed by atoms with Crippen LogP contribution in [0.15, 0.2) is 108 Å². The number of carbonyl (C=O) groups excluding carboxylic acids is 1. The van der Waals surface area contributed by atoms with E-state index in [2.05, 4.69) is 48.6 Å². The van der Waals surface area contributed by atoms with Gasteiger partial charge in [0.2, 0.25) is 0 Å². The lowest BCUT2D eigenvalue weighted by Gasteiger charge is -2.11. The van der Waals surface area contributed by atoms with E-state index in [1.54, 1.807) is 11.3 Å². The Morgan fingerprint density at radius 1 is 0.886 bits per heavy atom. The first-order valence-electron chi connectivity index (χ1n) is 11.6. The summed E-state index contributed by atoms with van der Waals surface area (Å²) in [6.45, 7) is 4.35. The van der Waals surface area contributed by atoms with E-state index >= 15 is 0 Å². The normalized spacial score (nSPS) is 11.7. The predicted molar refractivity (Wildman–Crippen MR) is 145 cm³/mol. The van der Waals surface area contributed by atoms with E-state index in [0.29, 0.717) is 11.5 Å². The number of carbonyl (C=O) groups is 1. The first kappa shape index (κ1) is 22.7. The van der Waals surface area contributed by atoms with Crippen molar-refractivity contribution in [1.82, 2.24) is 10.4 Å². The zero-order valence-electron chi connectivity index (χ0n) is 19.6. The van der Waals surface area contributed by atoms with Crippen LogP contribution < -0.4 is 5.43 Å². The summed E-state index contributed by atoms with van der Waals surface area (Å²) in [7, 11) is 0. The van der Waals surface area contributed by atoms with Crippen molar-refractivity contribution < 1.29 is 4.79 Å². The van der Waals surface area contributed by atoms with Gasteiger partial charge < -0.3 is 0 Å². The number of thiophene rings is 1. The van der Waals surface area contributed by atoms with E-state index in [9.17, 15) is 4.79 Å². The molecular formula is C30H25N3OS. The molecule has 5 heteroatoms. The molecule has 5 rings (SSSR count). The van der Waals surface area contributed by atoms with Crippen LogP contribution in [0.1, 0.15) is 46.1 Å². The Balaban J connectivity index is 1.54. The van der Waals surface area contributed by atoms with E-state index in [-0.39, 0.29) is 5.91 Å². The highest BCUT2D eigenvalue weighted by Gasteiger charge is 2.15. The van der Waals surface area contributed by atoms with Crippen molar-refractivity contribution in [2.75, 3.05) is 0 Å². The molecule has 0 radical (unpaired) electrons. The Bertz CT molecular complexity index is 1490. The summed E-state index contributed by atoms with van der Waals surface area (Å²) in [6.07, 6.45) is 0. The SMILES string of the molecule is CC(C)c1ccc(-c2cc(C(=O)NN=C(c3ccccc3)c3cccs3)c3ccccc3n2)cc1. The molecule has 0 saturated carbocycles. The quantitative estimate of drug-likeness (QED) is 0.207. The number of aromatic nitrogens is 1. The van der Waals surface area contributed by atoms with E-state index in [4.69, 9.17) is 4.98 Å². The lowest BCUT2D eigenvalue weighted by molar-refractivity contribution is 0.0956. The number of rotatable bonds is 6. The van der Waals surface area contributed by atoms with Crippen LogP contribution in [0, 0.1) is 0 Å². The third-order valence-electron chi connectivity index (χ3n) is 5.90. The first-order chi connectivity index (χ1) is 17.1. The largest absolute Gasteiger partial charge is 0.272 e. The van der Waals surface area contributed by atoms with Crippen molar-refractivity contribution in [2.45, 2.75) is 19.8 Å². The first-order valence-corrected chi connectivity index (χ1v) is 12.5. The summed E-state index contributed by atoms with van der Waals surface area (Å²) in [5.74, 6) is 0.184. The van der Waals surface area contributed by atoms with Crippen LogP contribution in [0.4, 0.5) is 0 Å². The van der Waals surface area contributed by atoms with Gasteiger partial charge in [-0.15, -0.1) is 11.3 Å². The van der Waals surface area contributed by atoms with Gasteiger partial charge in [-0.05, 0) is 35.1 Å². The van der Waals surface area contributed by atoms with Gasteiger partial charge >= 0.3 is 0 Å². The second-order valence-electron chi connectivity index (χ2n) is 8.59. The number of nitrogens with one attached hydrogen (secondary N) is 1. The van der Waals surface area contributed by atoms with E-state index < -0.39 is 0 Å². The predicted octanol–water partition coefficient (Wildman–Crippen LogP) is 7.27. The number of benzene rings is 3. The molecule has 0 saturated heterocycles. The summed E-state index contributed by atoms with van der Waals surface area (Å²) in [4.78, 5) is 19.3. The summed E-state index contributed by atoms with van der Waals surface area (Å²) in [5, 5.41) is 7.35. The maximum Gasteiger partial charge on any atom is 0.272 e. The maximum atomic E-state index is 13.4. The molecule has 0 aliphatic heterocycles. The number of hydrogen-bond donors (Lipinski definition) is 1. The average molecular weight is 476 g/mol. The Kier molecular flexibility index (Phi) is 6.51. The fourth-order valence-corrected chi connectivity index (χ4v) is 4.72. The Labute approximate surface area is 209 Å². The summed E-state index contributed by atoms with van der Waals surface area (Å²) in [5.41, 5.74) is 8.80. The number of nitrogens with zero attached hydrogens (tertiary/aromatic N) is 2. The molecule has 0 fully saturated rings. The standard InChI is InChI=1S/C30H25N3OS/c1-20(2)21-14-16-22(17-15-21)27-19-25(24-11-6-7-12-26(24)31-27)30(34)33-32-29(28-13-8-18-35-28)23-9-4-3-5-10-23/h3-20H,1-2H3,(H,33,34). The number of para-hydroxylation sites is 1. The molecule has 0 atom stereocenters. The summed E-state index contributed by atoms with van der Waals surface area (Å²) >= 11 is 1.59. The number of pyridine rings is 1. The van der Waals surface area contributed by atoms with Crippen molar-refractivity contribution in [1.29, 1.82) is 0 Å². The highest BCUT2D eigenvalue weighted by molar-refractivity contribution is 7.12. The number of amides is 1. The summed E-state index contributed by atoms with van der Waals surface area (Å²) < 4.78 is 0. The molecule has 3 aromatic carbocycles. The summed E-state index contributed by atoms with van der Waals surface area (Å²) in [6, 6.07) is 31.8. The maximum absolute atomic E-state index is 13.4. The Hall–Kier alpha value is -4.09. The van der Waals surface area contributed by atoms with Crippen LogP contribution in [0.2, 0.25) is 0 Å². The minimum absolute atomic E-state index is 0.270. The molecule has 4 nitrogen and oxygen atoms in total. The Morgan fingerprint density at radius 2 is 1.63 bits per heavy atom. The van der Waals surface area contributed by atoms with Crippen molar-refractivity contribution in [3.05, 3.63) is 124 Å². The molecule has 1 N–H and O–H groups in total. The van der Waals surface area contributed by atoms with E-state index in [0.717, 1.165) is 38.3 Å². The molecule has 5 aromatic rings. The zero-order chi connectivity index (χ0) is 24.2. The molecule has 0 spiro atoms. The molecule has 0 bridgehead atoms. The van der Waals surface area contributed by atoms with Crippen molar-refractivity contribution in [3.63, 3.8) is 0 Å². The van der Waals surface area contributed by atoms with Crippen LogP contribution in [0.5, 0.6) is 0 Å². The van der Waals surface area contributed by atoms with Crippen molar-refractivity contribution in [2.24, 2.45) is 5.10 Å². The molecule has 172 valence electrons. The fourth-order valence-electron chi connectivity index (χ4n) is 3.99. The lowest BCUT2D eigenvalue weighted by Crippen LogP contribution is -2.21. The van der Waals surface area contributed by atoms with Gasteiger partial charge in [-0.3, -0.25) is 4.79 Å². The van der Waals surface area contributed by atoms with Crippen molar-refractivity contribution >= 4 is 33.9 Å². The molecule has 2 aromatic heterocycles.